The van der Waals surface area contributed by atoms with E-state index in [9.17, 15) is 14.7 Å². The zero-order chi connectivity index (χ0) is 16.1. The summed E-state index contributed by atoms with van der Waals surface area (Å²) in [6.45, 7) is 2.21. The molecule has 0 unspecified atom stereocenters. The summed E-state index contributed by atoms with van der Waals surface area (Å²) in [5.41, 5.74) is 5.25. The number of carboxylic acids is 1. The van der Waals surface area contributed by atoms with E-state index in [1.54, 1.807) is 0 Å². The van der Waals surface area contributed by atoms with Gasteiger partial charge in [-0.15, -0.1) is 0 Å². The number of carbonyl (C=O) groups is 2. The summed E-state index contributed by atoms with van der Waals surface area (Å²) in [6.07, 6.45) is 9.58. The Morgan fingerprint density at radius 2 is 1.41 bits per heavy atom. The van der Waals surface area contributed by atoms with Crippen molar-refractivity contribution in [3.63, 3.8) is 0 Å². The van der Waals surface area contributed by atoms with E-state index in [2.05, 4.69) is 6.92 Å². The third kappa shape index (κ3) is 13.7. The minimum atomic E-state index is -1.38. The van der Waals surface area contributed by atoms with Crippen molar-refractivity contribution in [3.05, 3.63) is 0 Å². The molecule has 0 saturated heterocycles. The van der Waals surface area contributed by atoms with E-state index < -0.39 is 18.1 Å². The quantitative estimate of drug-likeness (QED) is 0.335. The fraction of sp³-hybridized carbons (Fsp3) is 0.875. The van der Waals surface area contributed by atoms with E-state index in [1.807, 2.05) is 0 Å². The van der Waals surface area contributed by atoms with Crippen molar-refractivity contribution in [2.75, 3.05) is 0 Å². The summed E-state index contributed by atoms with van der Waals surface area (Å²) in [7, 11) is 0. The molecule has 4 N–H and O–H groups in total. The number of nitrogens with two attached hydrogens (primary N) is 1. The van der Waals surface area contributed by atoms with Gasteiger partial charge in [-0.3, -0.25) is 9.59 Å². The first-order valence-corrected chi connectivity index (χ1v) is 8.17. The number of aliphatic hydroxyl groups is 1. The number of carboxylic acid groups (broad SMARTS) is 1. The van der Waals surface area contributed by atoms with Gasteiger partial charge in [-0.1, -0.05) is 58.3 Å². The van der Waals surface area contributed by atoms with Crippen LogP contribution in [0.3, 0.4) is 0 Å². The van der Waals surface area contributed by atoms with Gasteiger partial charge in [0.15, 0.2) is 0 Å². The molecule has 0 aromatic rings. The molecular weight excluding hydrogens is 293 g/mol. The molecule has 0 amide bonds. The van der Waals surface area contributed by atoms with Gasteiger partial charge >= 0.3 is 35.5 Å². The van der Waals surface area contributed by atoms with Gasteiger partial charge in [0.25, 0.3) is 0 Å². The number of ketones is 1. The summed E-state index contributed by atoms with van der Waals surface area (Å²) in [6, 6.07) is -1.38. The fourth-order valence-corrected chi connectivity index (χ4v) is 2.26. The molecule has 5 nitrogen and oxygen atoms in total. The van der Waals surface area contributed by atoms with E-state index in [-0.39, 0.29) is 41.8 Å². The molecule has 0 rings (SSSR count). The molecule has 0 spiro atoms. The van der Waals surface area contributed by atoms with E-state index in [0.29, 0.717) is 6.42 Å². The summed E-state index contributed by atoms with van der Waals surface area (Å²) in [5, 5.41) is 18.1. The summed E-state index contributed by atoms with van der Waals surface area (Å²) < 4.78 is 0. The summed E-state index contributed by atoms with van der Waals surface area (Å²) >= 11 is 0. The molecule has 0 aromatic heterocycles. The second kappa shape index (κ2) is 15.9. The van der Waals surface area contributed by atoms with Gasteiger partial charge in [0.1, 0.15) is 11.8 Å². The van der Waals surface area contributed by atoms with Crippen LogP contribution in [0.5, 0.6) is 0 Å². The molecule has 0 aliphatic carbocycles. The Balaban J connectivity index is 0. The first-order chi connectivity index (χ1) is 9.99. The van der Waals surface area contributed by atoms with Crippen molar-refractivity contribution >= 4 is 41.3 Å². The van der Waals surface area contributed by atoms with Crippen LogP contribution in [-0.4, -0.2) is 63.7 Å². The van der Waals surface area contributed by atoms with Crippen LogP contribution < -0.4 is 5.73 Å². The third-order valence-corrected chi connectivity index (χ3v) is 3.70. The molecule has 0 saturated carbocycles. The van der Waals surface area contributed by atoms with Gasteiger partial charge in [-0.05, 0) is 6.42 Å². The Kier molecular flexibility index (Phi) is 17.6. The maximum absolute atomic E-state index is 11.6. The zero-order valence-electron chi connectivity index (χ0n) is 13.2. The molecule has 22 heavy (non-hydrogen) atoms. The van der Waals surface area contributed by atoms with E-state index in [1.165, 1.54) is 38.5 Å². The van der Waals surface area contributed by atoms with Crippen molar-refractivity contribution in [1.29, 1.82) is 0 Å². The van der Waals surface area contributed by atoms with Crippen LogP contribution in [-0.2, 0) is 9.59 Å². The SMILES string of the molecule is CCCCCCCCCCCC(=O)C[C@@H](O)[C@H](N)C(=O)O.[NaH]. The predicted molar refractivity (Wildman–Crippen MR) is 90.2 cm³/mol. The average molecular weight is 325 g/mol. The molecule has 0 bridgehead atoms. The zero-order valence-corrected chi connectivity index (χ0v) is 13.2. The van der Waals surface area contributed by atoms with Crippen molar-refractivity contribution < 1.29 is 19.8 Å². The standard InChI is InChI=1S/C16H31NO4.Na.H/c1-2-3-4-5-6-7-8-9-10-11-13(18)12-14(19)15(17)16(20)21;;/h14-15,19H,2-12,17H2,1H3,(H,20,21);;/t14-,15+;;/m1../s1. The predicted octanol–water partition coefficient (Wildman–Crippen LogP) is 1.99. The Morgan fingerprint density at radius 1 is 0.955 bits per heavy atom. The van der Waals surface area contributed by atoms with Gasteiger partial charge in [-0.25, -0.2) is 0 Å². The molecule has 0 fully saturated rings. The van der Waals surface area contributed by atoms with Crippen LogP contribution in [0.15, 0.2) is 0 Å². The molecule has 2 atom stereocenters. The molecule has 0 radical (unpaired) electrons. The van der Waals surface area contributed by atoms with Crippen molar-refractivity contribution in [1.82, 2.24) is 0 Å². The molecule has 0 heterocycles. The summed E-state index contributed by atoms with van der Waals surface area (Å²) in [5.74, 6) is -1.39. The second-order valence-electron chi connectivity index (χ2n) is 5.75. The molecule has 6 heteroatoms. The van der Waals surface area contributed by atoms with Crippen LogP contribution in [0.25, 0.3) is 0 Å². The topological polar surface area (TPSA) is 101 Å². The van der Waals surface area contributed by atoms with Gasteiger partial charge in [0.05, 0.1) is 6.10 Å². The second-order valence-corrected chi connectivity index (χ2v) is 5.75. The van der Waals surface area contributed by atoms with E-state index in [4.69, 9.17) is 10.8 Å². The van der Waals surface area contributed by atoms with Crippen molar-refractivity contribution in [2.45, 2.75) is 89.7 Å². The normalized spacial score (nSPS) is 13.2. The first kappa shape index (κ1) is 24.3. The summed E-state index contributed by atoms with van der Waals surface area (Å²) in [4.78, 5) is 22.1. The Labute approximate surface area is 156 Å². The minimum absolute atomic E-state index is 0. The van der Waals surface area contributed by atoms with Crippen LogP contribution >= 0.6 is 0 Å². The fourth-order valence-electron chi connectivity index (χ4n) is 2.26. The van der Waals surface area contributed by atoms with Gasteiger partial charge in [0.2, 0.25) is 0 Å². The number of carbonyl (C=O) groups excluding carboxylic acids is 1. The monoisotopic (exact) mass is 325 g/mol. The first-order valence-electron chi connectivity index (χ1n) is 8.17. The number of unbranched alkanes of at least 4 members (excludes halogenated alkanes) is 8. The third-order valence-electron chi connectivity index (χ3n) is 3.70. The van der Waals surface area contributed by atoms with Crippen LogP contribution in [0.4, 0.5) is 0 Å². The molecular formula is C16H32NNaO4. The van der Waals surface area contributed by atoms with E-state index >= 15 is 0 Å². The van der Waals surface area contributed by atoms with Crippen LogP contribution in [0.2, 0.25) is 0 Å². The maximum atomic E-state index is 11.6. The number of Topliss-reactive ketones (excluding diaryl/α,β-unsaturated/α-hetero) is 1. The average Bonchev–Trinajstić information content (AvgIpc) is 2.44. The number of aliphatic hydroxyl groups excluding tert-OH is 1. The molecule has 0 aliphatic heterocycles. The van der Waals surface area contributed by atoms with Crippen LogP contribution in [0, 0.1) is 0 Å². The van der Waals surface area contributed by atoms with Gasteiger partial charge < -0.3 is 15.9 Å². The van der Waals surface area contributed by atoms with E-state index in [0.717, 1.165) is 19.3 Å². The van der Waals surface area contributed by atoms with Gasteiger partial charge in [-0.2, -0.15) is 0 Å². The number of hydrogen-bond donors (Lipinski definition) is 3. The van der Waals surface area contributed by atoms with Gasteiger partial charge in [0, 0.05) is 12.8 Å². The Morgan fingerprint density at radius 3 is 1.86 bits per heavy atom. The Bertz CT molecular complexity index is 300. The number of rotatable bonds is 14. The Hall–Kier alpha value is 0.0600. The van der Waals surface area contributed by atoms with Crippen molar-refractivity contribution in [3.8, 4) is 0 Å². The molecule has 126 valence electrons. The molecule has 0 aliphatic rings. The number of aliphatic carboxylic acids is 1. The van der Waals surface area contributed by atoms with Crippen LogP contribution in [0.1, 0.15) is 77.6 Å². The van der Waals surface area contributed by atoms with Crippen molar-refractivity contribution in [2.24, 2.45) is 5.73 Å². The number of hydrogen-bond acceptors (Lipinski definition) is 4. The molecule has 0 aromatic carbocycles.